The van der Waals surface area contributed by atoms with Gasteiger partial charge in [0, 0.05) is 6.04 Å². The molecular weight excluding hydrogens is 370 g/mol. The van der Waals surface area contributed by atoms with Gasteiger partial charge in [-0.05, 0) is 111 Å². The van der Waals surface area contributed by atoms with Gasteiger partial charge in [-0.3, -0.25) is 0 Å². The first-order valence-electron chi connectivity index (χ1n) is 13.0. The van der Waals surface area contributed by atoms with E-state index in [1.54, 1.807) is 5.57 Å². The highest BCUT2D eigenvalue weighted by molar-refractivity contribution is 5.25. The van der Waals surface area contributed by atoms with E-state index in [9.17, 15) is 10.2 Å². The number of rotatable bonds is 2. The minimum absolute atomic E-state index is 0.126. The Morgan fingerprint density at radius 3 is 2.60 bits per heavy atom. The Labute approximate surface area is 184 Å². The van der Waals surface area contributed by atoms with Gasteiger partial charge in [-0.1, -0.05) is 39.3 Å². The van der Waals surface area contributed by atoms with Crippen LogP contribution in [0.4, 0.5) is 0 Å². The van der Waals surface area contributed by atoms with Gasteiger partial charge in [0.1, 0.15) is 0 Å². The van der Waals surface area contributed by atoms with Crippen molar-refractivity contribution in [2.45, 2.75) is 104 Å². The Bertz CT molecular complexity index is 682. The van der Waals surface area contributed by atoms with Crippen LogP contribution < -0.4 is 5.32 Å². The summed E-state index contributed by atoms with van der Waals surface area (Å²) in [6, 6.07) is 0.573. The molecule has 0 bridgehead atoms. The largest absolute Gasteiger partial charge is 0.393 e. The minimum atomic E-state index is -0.138. The molecule has 0 aromatic rings. The molecule has 4 aliphatic carbocycles. The summed E-state index contributed by atoms with van der Waals surface area (Å²) in [5, 5.41) is 25.5. The summed E-state index contributed by atoms with van der Waals surface area (Å²) in [5.41, 5.74) is 2.12. The summed E-state index contributed by atoms with van der Waals surface area (Å²) >= 11 is 0. The fourth-order valence-electron chi connectivity index (χ4n) is 9.36. The number of hydrogen-bond donors (Lipinski definition) is 3. The summed E-state index contributed by atoms with van der Waals surface area (Å²) in [5.74, 6) is 3.90. The SMILES string of the molecule is C[C@@H]1CC[C@H]([C@@H](C)[C@H]2[C@H](O)CC3C4CC=C5CC(O)CC[C@]5(C)C4CC[C@@]32C)NC1. The number of aliphatic hydroxyl groups is 2. The first kappa shape index (κ1) is 21.5. The second-order valence-electron chi connectivity index (χ2n) is 12.6. The Balaban J connectivity index is 1.39. The first-order chi connectivity index (χ1) is 14.2. The molecule has 0 radical (unpaired) electrons. The van der Waals surface area contributed by atoms with Crippen molar-refractivity contribution in [2.24, 2.45) is 46.3 Å². The zero-order chi connectivity index (χ0) is 21.3. The van der Waals surface area contributed by atoms with Crippen LogP contribution in [0.3, 0.4) is 0 Å². The Morgan fingerprint density at radius 2 is 1.87 bits per heavy atom. The molecule has 1 heterocycles. The molecule has 3 nitrogen and oxygen atoms in total. The molecule has 5 aliphatic rings. The zero-order valence-corrected chi connectivity index (χ0v) is 19.7. The fraction of sp³-hybridized carbons (Fsp3) is 0.926. The van der Waals surface area contributed by atoms with Crippen molar-refractivity contribution in [1.29, 1.82) is 0 Å². The van der Waals surface area contributed by atoms with Crippen LogP contribution in [0, 0.1) is 46.3 Å². The standard InChI is InChI=1S/C27H45NO2/c1-16-5-8-23(28-15-16)17(2)25-24(30)14-22-20-7-6-18-13-19(29)9-11-26(18,3)21(20)10-12-27(22,25)4/h6,16-17,19-25,28-30H,5,7-15H2,1-4H3/t16-,17-,19?,20?,21?,22?,23-,24-,25+,26+,27+/m1/s1. The number of piperidine rings is 1. The van der Waals surface area contributed by atoms with E-state index in [0.29, 0.717) is 29.2 Å². The molecule has 170 valence electrons. The lowest BCUT2D eigenvalue weighted by molar-refractivity contribution is -0.0655. The molecular formula is C27H45NO2. The summed E-state index contributed by atoms with van der Waals surface area (Å²) in [4.78, 5) is 0. The van der Waals surface area contributed by atoms with Gasteiger partial charge in [0.25, 0.3) is 0 Å². The lowest BCUT2D eigenvalue weighted by atomic mass is 9.47. The third-order valence-corrected chi connectivity index (χ3v) is 11.1. The van der Waals surface area contributed by atoms with Gasteiger partial charge < -0.3 is 15.5 Å². The number of aliphatic hydroxyl groups excluding tert-OH is 2. The molecule has 1 aliphatic heterocycles. The number of nitrogens with one attached hydrogen (secondary N) is 1. The summed E-state index contributed by atoms with van der Waals surface area (Å²) in [6.07, 6.45) is 12.6. The molecule has 3 heteroatoms. The molecule has 4 unspecified atom stereocenters. The Kier molecular flexibility index (Phi) is 5.43. The second-order valence-corrected chi connectivity index (χ2v) is 12.6. The fourth-order valence-corrected chi connectivity index (χ4v) is 9.36. The van der Waals surface area contributed by atoms with Crippen molar-refractivity contribution in [3.63, 3.8) is 0 Å². The number of allylic oxidation sites excluding steroid dienone is 1. The van der Waals surface area contributed by atoms with E-state index in [0.717, 1.165) is 50.0 Å². The second kappa shape index (κ2) is 7.59. The van der Waals surface area contributed by atoms with Crippen LogP contribution in [0.1, 0.15) is 85.5 Å². The molecule has 5 rings (SSSR count). The van der Waals surface area contributed by atoms with E-state index < -0.39 is 0 Å². The summed E-state index contributed by atoms with van der Waals surface area (Å²) in [6.45, 7) is 11.0. The van der Waals surface area contributed by atoms with E-state index in [2.05, 4.69) is 39.1 Å². The van der Waals surface area contributed by atoms with Gasteiger partial charge in [0.15, 0.2) is 0 Å². The molecule has 11 atom stereocenters. The van der Waals surface area contributed by atoms with Gasteiger partial charge in [-0.2, -0.15) is 0 Å². The van der Waals surface area contributed by atoms with Gasteiger partial charge >= 0.3 is 0 Å². The van der Waals surface area contributed by atoms with Gasteiger partial charge in [-0.15, -0.1) is 0 Å². The molecule has 3 N–H and O–H groups in total. The highest BCUT2D eigenvalue weighted by Crippen LogP contribution is 2.67. The Morgan fingerprint density at radius 1 is 1.07 bits per heavy atom. The Hall–Kier alpha value is -0.380. The van der Waals surface area contributed by atoms with Crippen molar-refractivity contribution in [3.8, 4) is 0 Å². The third-order valence-electron chi connectivity index (χ3n) is 11.1. The van der Waals surface area contributed by atoms with E-state index in [4.69, 9.17) is 0 Å². The molecule has 4 fully saturated rings. The highest BCUT2D eigenvalue weighted by atomic mass is 16.3. The van der Waals surface area contributed by atoms with E-state index in [1.165, 1.54) is 32.1 Å². The van der Waals surface area contributed by atoms with Gasteiger partial charge in [-0.25, -0.2) is 0 Å². The van der Waals surface area contributed by atoms with E-state index in [-0.39, 0.29) is 17.6 Å². The molecule has 0 amide bonds. The minimum Gasteiger partial charge on any atom is -0.393 e. The first-order valence-corrected chi connectivity index (χ1v) is 13.0. The van der Waals surface area contributed by atoms with Crippen molar-refractivity contribution >= 4 is 0 Å². The van der Waals surface area contributed by atoms with E-state index in [1.807, 2.05) is 0 Å². The predicted octanol–water partition coefficient (Wildman–Crippen LogP) is 4.92. The van der Waals surface area contributed by atoms with Crippen LogP contribution in [-0.2, 0) is 0 Å². The maximum atomic E-state index is 11.4. The summed E-state index contributed by atoms with van der Waals surface area (Å²) < 4.78 is 0. The van der Waals surface area contributed by atoms with Crippen LogP contribution in [0.2, 0.25) is 0 Å². The van der Waals surface area contributed by atoms with Crippen LogP contribution in [-0.4, -0.2) is 35.0 Å². The van der Waals surface area contributed by atoms with Crippen LogP contribution in [0.5, 0.6) is 0 Å². The van der Waals surface area contributed by atoms with Crippen LogP contribution >= 0.6 is 0 Å². The predicted molar refractivity (Wildman–Crippen MR) is 122 cm³/mol. The van der Waals surface area contributed by atoms with E-state index >= 15 is 0 Å². The molecule has 0 spiro atoms. The monoisotopic (exact) mass is 415 g/mol. The van der Waals surface area contributed by atoms with Crippen molar-refractivity contribution in [3.05, 3.63) is 11.6 Å². The van der Waals surface area contributed by atoms with Crippen molar-refractivity contribution in [2.75, 3.05) is 6.54 Å². The molecule has 0 aromatic heterocycles. The average molecular weight is 416 g/mol. The highest BCUT2D eigenvalue weighted by Gasteiger charge is 2.62. The maximum Gasteiger partial charge on any atom is 0.0579 e. The molecule has 0 aromatic carbocycles. The molecule has 1 saturated heterocycles. The van der Waals surface area contributed by atoms with Crippen molar-refractivity contribution < 1.29 is 10.2 Å². The normalized spacial score (nSPS) is 54.5. The average Bonchev–Trinajstić information content (AvgIpc) is 2.98. The molecule has 3 saturated carbocycles. The van der Waals surface area contributed by atoms with Crippen LogP contribution in [0.25, 0.3) is 0 Å². The topological polar surface area (TPSA) is 52.5 Å². The lowest BCUT2D eigenvalue weighted by Crippen LogP contribution is -2.53. The summed E-state index contributed by atoms with van der Waals surface area (Å²) in [7, 11) is 0. The smallest absolute Gasteiger partial charge is 0.0579 e. The lowest BCUT2D eigenvalue weighted by Gasteiger charge is -2.58. The quantitative estimate of drug-likeness (QED) is 0.561. The van der Waals surface area contributed by atoms with Crippen molar-refractivity contribution in [1.82, 2.24) is 5.32 Å². The number of fused-ring (bicyclic) bond motifs is 5. The third kappa shape index (κ3) is 3.17. The van der Waals surface area contributed by atoms with Gasteiger partial charge in [0.05, 0.1) is 12.2 Å². The van der Waals surface area contributed by atoms with Gasteiger partial charge in [0.2, 0.25) is 0 Å². The van der Waals surface area contributed by atoms with Crippen LogP contribution in [0.15, 0.2) is 11.6 Å². The number of hydrogen-bond acceptors (Lipinski definition) is 3. The maximum absolute atomic E-state index is 11.4. The molecule has 30 heavy (non-hydrogen) atoms. The zero-order valence-electron chi connectivity index (χ0n) is 19.7.